The normalized spacial score (nSPS) is 16.4. The molecule has 4 N–H and O–H groups in total. The minimum atomic E-state index is -0.713. The molecule has 0 aromatic carbocycles. The maximum absolute atomic E-state index is 12.8. The van der Waals surface area contributed by atoms with E-state index >= 15 is 0 Å². The first-order valence-electron chi connectivity index (χ1n) is 13.7. The molecule has 2 aromatic rings. The summed E-state index contributed by atoms with van der Waals surface area (Å²) >= 11 is 0. The van der Waals surface area contributed by atoms with Crippen LogP contribution in [-0.2, 0) is 9.59 Å². The number of hydrogen-bond acceptors (Lipinski definition) is 10. The number of hydrogen-bond donors (Lipinski definition) is 4. The van der Waals surface area contributed by atoms with E-state index in [2.05, 4.69) is 49.7 Å². The Morgan fingerprint density at radius 3 is 2.88 bits per heavy atom. The van der Waals surface area contributed by atoms with Crippen molar-refractivity contribution in [1.82, 2.24) is 30.1 Å². The Balaban J connectivity index is 1.52. The summed E-state index contributed by atoms with van der Waals surface area (Å²) in [4.78, 5) is 41.7. The van der Waals surface area contributed by atoms with Crippen LogP contribution >= 0.6 is 0 Å². The molecule has 1 fully saturated rings. The average Bonchev–Trinajstić information content (AvgIpc) is 3.36. The molecule has 0 aliphatic carbocycles. The minimum absolute atomic E-state index is 0.149. The van der Waals surface area contributed by atoms with Crippen molar-refractivity contribution >= 4 is 29.3 Å². The lowest BCUT2D eigenvalue weighted by Gasteiger charge is -2.22. The largest absolute Gasteiger partial charge is 0.481 e. The molecule has 1 aliphatic heterocycles. The molecule has 0 spiro atoms. The van der Waals surface area contributed by atoms with Crippen molar-refractivity contribution in [3.63, 3.8) is 0 Å². The number of unbranched alkanes of at least 4 members (excludes halogenated alkanes) is 1. The lowest BCUT2D eigenvalue weighted by Crippen LogP contribution is -2.45. The zero-order valence-corrected chi connectivity index (χ0v) is 24.2. The molecule has 0 radical (unpaired) electrons. The third kappa shape index (κ3) is 10.0. The lowest BCUT2D eigenvalue weighted by molar-refractivity contribution is -0.135. The van der Waals surface area contributed by atoms with Gasteiger partial charge >= 0.3 is 0 Å². The number of carbonyl (C=O) groups is 2. The van der Waals surface area contributed by atoms with Gasteiger partial charge in [0.2, 0.25) is 23.6 Å². The molecule has 1 saturated heterocycles. The van der Waals surface area contributed by atoms with Gasteiger partial charge in [0.25, 0.3) is 0 Å². The molecule has 1 aliphatic rings. The molecule has 0 unspecified atom stereocenters. The van der Waals surface area contributed by atoms with Gasteiger partial charge in [0.05, 0.1) is 25.0 Å². The molecule has 2 aromatic heterocycles. The van der Waals surface area contributed by atoms with Crippen LogP contribution in [0.2, 0.25) is 0 Å². The number of likely N-dealkylation sites (tertiary alicyclic amines) is 1. The third-order valence-electron chi connectivity index (χ3n) is 6.13. The topological polar surface area (TPSA) is 145 Å². The number of nitrogens with zero attached hydrogens (tertiary/aromatic N) is 5. The van der Waals surface area contributed by atoms with Crippen LogP contribution in [0.5, 0.6) is 5.88 Å². The van der Waals surface area contributed by atoms with Gasteiger partial charge in [-0.15, -0.1) is 0 Å². The van der Waals surface area contributed by atoms with Crippen LogP contribution < -0.4 is 20.7 Å². The summed E-state index contributed by atoms with van der Waals surface area (Å²) in [6.07, 6.45) is 8.13. The number of β-amino-alcohol motifs (C(OH)–C–C–N with tert-alkyl or cyclic N) is 1. The number of methoxy groups -OCH3 is 1. The highest BCUT2D eigenvalue weighted by Crippen LogP contribution is 2.20. The molecule has 0 bridgehead atoms. The highest BCUT2D eigenvalue weighted by molar-refractivity contribution is 5.93. The van der Waals surface area contributed by atoms with Gasteiger partial charge in [-0.2, -0.15) is 4.98 Å². The van der Waals surface area contributed by atoms with E-state index in [9.17, 15) is 14.7 Å². The average molecular weight is 565 g/mol. The van der Waals surface area contributed by atoms with Crippen LogP contribution in [0.15, 0.2) is 36.7 Å². The first-order valence-corrected chi connectivity index (χ1v) is 13.7. The Hall–Kier alpha value is -4.21. The van der Waals surface area contributed by atoms with Crippen LogP contribution in [0.1, 0.15) is 38.2 Å². The first kappa shape index (κ1) is 31.3. The number of aliphatic hydroxyl groups is 1. The standard InChI is InChI=1S/C29H40N8O4/c1-5-13-31-27-21(19-33-29(35-27)34-22-12-15-30-25(17-22)41-4)10-7-6-8-14-32-28(40)24-18-23(38)20-37(24)26(39)11-9-16-36(2)3/h9,11-12,15,17,19,23-24,38H,5-6,8,13-14,16,18,20H2,1-4H3,(H,32,40)(H2,30,31,33,34,35)/b11-9+/t23-,24-/m0/s1. The van der Waals surface area contributed by atoms with Crippen molar-refractivity contribution in [2.45, 2.75) is 44.8 Å². The lowest BCUT2D eigenvalue weighted by atomic mass is 10.2. The summed E-state index contributed by atoms with van der Waals surface area (Å²) in [5.74, 6) is 7.25. The van der Waals surface area contributed by atoms with Crippen molar-refractivity contribution in [3.8, 4) is 17.7 Å². The third-order valence-corrected chi connectivity index (χ3v) is 6.13. The zero-order chi connectivity index (χ0) is 29.6. The van der Waals surface area contributed by atoms with E-state index in [1.54, 1.807) is 37.7 Å². The molecule has 0 saturated carbocycles. The number of aliphatic hydroxyl groups excluding tert-OH is 1. The number of nitrogens with one attached hydrogen (secondary N) is 3. The first-order chi connectivity index (χ1) is 19.8. The van der Waals surface area contributed by atoms with Crippen LogP contribution in [-0.4, -0.2) is 101 Å². The van der Waals surface area contributed by atoms with E-state index in [1.165, 1.54) is 11.0 Å². The Labute approximate surface area is 241 Å². The number of anilines is 3. The van der Waals surface area contributed by atoms with Gasteiger partial charge in [-0.1, -0.05) is 24.8 Å². The molecular formula is C29H40N8O4. The van der Waals surface area contributed by atoms with E-state index < -0.39 is 12.1 Å². The summed E-state index contributed by atoms with van der Waals surface area (Å²) in [7, 11) is 5.37. The molecule has 12 nitrogen and oxygen atoms in total. The second-order valence-electron chi connectivity index (χ2n) is 9.85. The summed E-state index contributed by atoms with van der Waals surface area (Å²) in [5.41, 5.74) is 1.43. The van der Waals surface area contributed by atoms with Gasteiger partial charge in [-0.3, -0.25) is 9.59 Å². The van der Waals surface area contributed by atoms with E-state index in [1.807, 2.05) is 19.0 Å². The summed E-state index contributed by atoms with van der Waals surface area (Å²) < 4.78 is 5.16. The van der Waals surface area contributed by atoms with Gasteiger partial charge in [0.15, 0.2) is 0 Å². The number of ether oxygens (including phenoxy) is 1. The molecule has 2 atom stereocenters. The second kappa shape index (κ2) is 16.2. The molecule has 41 heavy (non-hydrogen) atoms. The fraction of sp³-hybridized carbons (Fsp3) is 0.483. The van der Waals surface area contributed by atoms with Gasteiger partial charge in [-0.25, -0.2) is 9.97 Å². The van der Waals surface area contributed by atoms with Gasteiger partial charge < -0.3 is 35.6 Å². The fourth-order valence-corrected chi connectivity index (χ4v) is 4.07. The second-order valence-corrected chi connectivity index (χ2v) is 9.85. The Kier molecular flexibility index (Phi) is 12.3. The zero-order valence-electron chi connectivity index (χ0n) is 24.2. The molecule has 3 rings (SSSR count). The number of likely N-dealkylation sites (N-methyl/N-ethyl adjacent to an activating group) is 1. The van der Waals surface area contributed by atoms with Crippen molar-refractivity contribution in [2.75, 3.05) is 58.0 Å². The highest BCUT2D eigenvalue weighted by Gasteiger charge is 2.37. The molecule has 2 amide bonds. The van der Waals surface area contributed by atoms with Crippen LogP contribution in [0, 0.1) is 11.8 Å². The Morgan fingerprint density at radius 1 is 1.29 bits per heavy atom. The molecule has 12 heteroatoms. The SMILES string of the molecule is CCCNc1nc(Nc2ccnc(OC)c2)ncc1C#CCCCNC(=O)[C@@H]1C[C@H](O)CN1C(=O)/C=C/CN(C)C. The van der Waals surface area contributed by atoms with Crippen LogP contribution in [0.25, 0.3) is 0 Å². The predicted octanol–water partition coefficient (Wildman–Crippen LogP) is 1.77. The number of pyridine rings is 1. The van der Waals surface area contributed by atoms with Crippen LogP contribution in [0.4, 0.5) is 17.5 Å². The maximum Gasteiger partial charge on any atom is 0.247 e. The Bertz CT molecular complexity index is 1260. The van der Waals surface area contributed by atoms with E-state index in [0.717, 1.165) is 18.7 Å². The number of carbonyl (C=O) groups excluding carboxylic acids is 2. The van der Waals surface area contributed by atoms with Crippen molar-refractivity contribution in [2.24, 2.45) is 0 Å². The number of amides is 2. The van der Waals surface area contributed by atoms with Crippen molar-refractivity contribution in [1.29, 1.82) is 0 Å². The summed E-state index contributed by atoms with van der Waals surface area (Å²) in [6, 6.07) is 2.87. The predicted molar refractivity (Wildman–Crippen MR) is 158 cm³/mol. The maximum atomic E-state index is 12.8. The van der Waals surface area contributed by atoms with Crippen LogP contribution in [0.3, 0.4) is 0 Å². The van der Waals surface area contributed by atoms with Gasteiger partial charge in [0, 0.05) is 63.0 Å². The van der Waals surface area contributed by atoms with Crippen molar-refractivity contribution in [3.05, 3.63) is 42.2 Å². The smallest absolute Gasteiger partial charge is 0.247 e. The molecule has 3 heterocycles. The summed E-state index contributed by atoms with van der Waals surface area (Å²) in [5, 5.41) is 19.4. The van der Waals surface area contributed by atoms with Gasteiger partial charge in [-0.05, 0) is 33.0 Å². The Morgan fingerprint density at radius 2 is 2.12 bits per heavy atom. The van der Waals surface area contributed by atoms with Gasteiger partial charge in [0.1, 0.15) is 11.9 Å². The van der Waals surface area contributed by atoms with E-state index in [4.69, 9.17) is 4.74 Å². The monoisotopic (exact) mass is 564 g/mol. The molecule has 220 valence electrons. The van der Waals surface area contributed by atoms with E-state index in [-0.39, 0.29) is 24.8 Å². The quantitative estimate of drug-likeness (QED) is 0.161. The minimum Gasteiger partial charge on any atom is -0.481 e. The fourth-order valence-electron chi connectivity index (χ4n) is 4.07. The highest BCUT2D eigenvalue weighted by atomic mass is 16.5. The molecular weight excluding hydrogens is 524 g/mol. The summed E-state index contributed by atoms with van der Waals surface area (Å²) in [6.45, 7) is 3.98. The number of rotatable bonds is 13. The van der Waals surface area contributed by atoms with E-state index in [0.29, 0.717) is 49.1 Å². The number of aromatic nitrogens is 3. The van der Waals surface area contributed by atoms with Crippen molar-refractivity contribution < 1.29 is 19.4 Å².